The first-order chi connectivity index (χ1) is 11.9. The first kappa shape index (κ1) is 16.5. The highest BCUT2D eigenvalue weighted by Crippen LogP contribution is 2.36. The van der Waals surface area contributed by atoms with E-state index in [0.717, 1.165) is 0 Å². The van der Waals surface area contributed by atoms with Gasteiger partial charge in [-0.2, -0.15) is 5.26 Å². The van der Waals surface area contributed by atoms with Gasteiger partial charge in [-0.25, -0.2) is 9.78 Å². The molecule has 6 heteroatoms. The van der Waals surface area contributed by atoms with E-state index in [1.54, 1.807) is 24.3 Å². The van der Waals surface area contributed by atoms with Crippen molar-refractivity contribution in [3.05, 3.63) is 58.9 Å². The number of aromatic carboxylic acids is 1. The Labute approximate surface area is 144 Å². The van der Waals surface area contributed by atoms with E-state index < -0.39 is 11.4 Å². The lowest BCUT2D eigenvalue weighted by Gasteiger charge is -2.24. The Morgan fingerprint density at radius 3 is 2.72 bits per heavy atom. The summed E-state index contributed by atoms with van der Waals surface area (Å²) in [5.41, 5.74) is 1.78. The van der Waals surface area contributed by atoms with Crippen LogP contribution >= 0.6 is 0 Å². The van der Waals surface area contributed by atoms with Gasteiger partial charge in [-0.1, -0.05) is 12.1 Å². The Morgan fingerprint density at radius 2 is 2.08 bits per heavy atom. The second kappa shape index (κ2) is 5.95. The molecular formula is C19H17N3O3. The number of nitrogens with zero attached hydrogens (tertiary/aromatic N) is 2. The lowest BCUT2D eigenvalue weighted by atomic mass is 9.82. The Bertz CT molecular complexity index is 1010. The molecule has 2 N–H and O–H groups in total. The average Bonchev–Trinajstić information content (AvgIpc) is 3.01. The predicted octanol–water partition coefficient (Wildman–Crippen LogP) is 3.47. The van der Waals surface area contributed by atoms with Gasteiger partial charge in [0.2, 0.25) is 5.88 Å². The molecule has 0 aliphatic rings. The highest BCUT2D eigenvalue weighted by molar-refractivity contribution is 6.05. The number of H-pyrrole nitrogens is 1. The summed E-state index contributed by atoms with van der Waals surface area (Å²) in [6, 6.07) is 12.4. The molecular weight excluding hydrogens is 318 g/mol. The van der Waals surface area contributed by atoms with E-state index in [0.29, 0.717) is 33.7 Å². The lowest BCUT2D eigenvalue weighted by molar-refractivity contribution is 0.0696. The minimum atomic E-state index is -1.03. The first-order valence-corrected chi connectivity index (χ1v) is 7.69. The number of hydrogen-bond donors (Lipinski definition) is 2. The number of aromatic amines is 1. The number of fused-ring (bicyclic) bond motifs is 1. The summed E-state index contributed by atoms with van der Waals surface area (Å²) >= 11 is 0. The molecule has 3 aromatic rings. The van der Waals surface area contributed by atoms with Gasteiger partial charge in [-0.05, 0) is 32.0 Å². The molecule has 0 radical (unpaired) electrons. The molecule has 0 saturated carbocycles. The third-order valence-corrected chi connectivity index (χ3v) is 4.34. The second-order valence-corrected chi connectivity index (χ2v) is 6.24. The van der Waals surface area contributed by atoms with Crippen molar-refractivity contribution in [1.29, 1.82) is 5.26 Å². The maximum atomic E-state index is 11.9. The standard InChI is InChI=1S/C19H17N3O3/c1-19(2,14-5-4-6-15(22-14)25-3)17-16(18(23)24)12-8-7-11(10-20)9-13(12)21-17/h4-9,21H,1-3H3,(H,23,24). The van der Waals surface area contributed by atoms with Crippen molar-refractivity contribution in [1.82, 2.24) is 9.97 Å². The maximum Gasteiger partial charge on any atom is 0.338 e. The Kier molecular flexibility index (Phi) is 3.93. The van der Waals surface area contributed by atoms with Gasteiger partial charge in [-0.3, -0.25) is 0 Å². The van der Waals surface area contributed by atoms with Crippen LogP contribution in [0.3, 0.4) is 0 Å². The number of pyridine rings is 1. The molecule has 1 aromatic carbocycles. The van der Waals surface area contributed by atoms with E-state index >= 15 is 0 Å². The Hall–Kier alpha value is -3.33. The average molecular weight is 335 g/mol. The number of methoxy groups -OCH3 is 1. The topological polar surface area (TPSA) is 99.0 Å². The number of aromatic nitrogens is 2. The van der Waals surface area contributed by atoms with Crippen molar-refractivity contribution in [3.8, 4) is 11.9 Å². The van der Waals surface area contributed by atoms with Gasteiger partial charge in [0.25, 0.3) is 0 Å². The molecule has 0 atom stereocenters. The lowest BCUT2D eigenvalue weighted by Crippen LogP contribution is -2.24. The van der Waals surface area contributed by atoms with Crippen LogP contribution in [-0.4, -0.2) is 28.2 Å². The molecule has 0 unspecified atom stereocenters. The maximum absolute atomic E-state index is 11.9. The number of nitriles is 1. The zero-order valence-corrected chi connectivity index (χ0v) is 14.1. The number of ether oxygens (including phenoxy) is 1. The van der Waals surface area contributed by atoms with Crippen molar-refractivity contribution in [2.45, 2.75) is 19.3 Å². The smallest absolute Gasteiger partial charge is 0.338 e. The zero-order valence-electron chi connectivity index (χ0n) is 14.1. The summed E-state index contributed by atoms with van der Waals surface area (Å²) in [6.07, 6.45) is 0. The monoisotopic (exact) mass is 335 g/mol. The van der Waals surface area contributed by atoms with Crippen molar-refractivity contribution >= 4 is 16.9 Å². The van der Waals surface area contributed by atoms with Crippen LogP contribution in [0, 0.1) is 11.3 Å². The summed E-state index contributed by atoms with van der Waals surface area (Å²) < 4.78 is 5.18. The van der Waals surface area contributed by atoms with Crippen LogP contribution in [0.15, 0.2) is 36.4 Å². The number of carboxylic acid groups (broad SMARTS) is 1. The Morgan fingerprint density at radius 1 is 1.32 bits per heavy atom. The Balaban J connectivity index is 2.27. The normalized spacial score (nSPS) is 11.3. The second-order valence-electron chi connectivity index (χ2n) is 6.24. The number of hydrogen-bond acceptors (Lipinski definition) is 4. The quantitative estimate of drug-likeness (QED) is 0.760. The third-order valence-electron chi connectivity index (χ3n) is 4.34. The van der Waals surface area contributed by atoms with Crippen LogP contribution in [-0.2, 0) is 5.41 Å². The molecule has 3 rings (SSSR count). The highest BCUT2D eigenvalue weighted by Gasteiger charge is 2.33. The number of benzene rings is 1. The minimum Gasteiger partial charge on any atom is -0.481 e. The van der Waals surface area contributed by atoms with Crippen LogP contribution in [0.2, 0.25) is 0 Å². The van der Waals surface area contributed by atoms with Crippen LogP contribution < -0.4 is 4.74 Å². The van der Waals surface area contributed by atoms with Gasteiger partial charge < -0.3 is 14.8 Å². The van der Waals surface area contributed by atoms with Gasteiger partial charge in [0.1, 0.15) is 0 Å². The van der Waals surface area contributed by atoms with Crippen molar-refractivity contribution < 1.29 is 14.6 Å². The van der Waals surface area contributed by atoms with Gasteiger partial charge in [0, 0.05) is 28.1 Å². The molecule has 2 aromatic heterocycles. The number of nitrogens with one attached hydrogen (secondary N) is 1. The fourth-order valence-electron chi connectivity index (χ4n) is 2.96. The van der Waals surface area contributed by atoms with Gasteiger partial charge in [0.15, 0.2) is 0 Å². The van der Waals surface area contributed by atoms with E-state index in [9.17, 15) is 9.90 Å². The third kappa shape index (κ3) is 2.70. The summed E-state index contributed by atoms with van der Waals surface area (Å²) in [5.74, 6) is -0.563. The molecule has 0 aliphatic carbocycles. The predicted molar refractivity (Wildman–Crippen MR) is 92.9 cm³/mol. The molecule has 0 fully saturated rings. The number of rotatable bonds is 4. The van der Waals surface area contributed by atoms with E-state index in [4.69, 9.17) is 10.00 Å². The van der Waals surface area contributed by atoms with Crippen LogP contribution in [0.25, 0.3) is 10.9 Å². The van der Waals surface area contributed by atoms with Gasteiger partial charge >= 0.3 is 5.97 Å². The van der Waals surface area contributed by atoms with E-state index in [-0.39, 0.29) is 5.56 Å². The van der Waals surface area contributed by atoms with Crippen LogP contribution in [0.5, 0.6) is 5.88 Å². The fraction of sp³-hybridized carbons (Fsp3) is 0.211. The SMILES string of the molecule is COc1cccc(C(C)(C)c2[nH]c3cc(C#N)ccc3c2C(=O)O)n1. The van der Waals surface area contributed by atoms with E-state index in [1.165, 1.54) is 7.11 Å². The minimum absolute atomic E-state index is 0.189. The van der Waals surface area contributed by atoms with Gasteiger partial charge in [-0.15, -0.1) is 0 Å². The van der Waals surface area contributed by atoms with Crippen molar-refractivity contribution in [3.63, 3.8) is 0 Å². The largest absolute Gasteiger partial charge is 0.481 e. The molecule has 25 heavy (non-hydrogen) atoms. The van der Waals surface area contributed by atoms with Crippen molar-refractivity contribution in [2.75, 3.05) is 7.11 Å². The molecule has 0 amide bonds. The van der Waals surface area contributed by atoms with Gasteiger partial charge in [0.05, 0.1) is 30.0 Å². The molecule has 2 heterocycles. The first-order valence-electron chi connectivity index (χ1n) is 7.69. The molecule has 0 saturated heterocycles. The zero-order chi connectivity index (χ0) is 18.2. The van der Waals surface area contributed by atoms with Crippen LogP contribution in [0.1, 0.15) is 41.2 Å². The molecule has 6 nitrogen and oxygen atoms in total. The fourth-order valence-corrected chi connectivity index (χ4v) is 2.96. The molecule has 126 valence electrons. The summed E-state index contributed by atoms with van der Waals surface area (Å²) in [4.78, 5) is 19.6. The molecule has 0 bridgehead atoms. The molecule has 0 spiro atoms. The number of carboxylic acids is 1. The molecule has 0 aliphatic heterocycles. The highest BCUT2D eigenvalue weighted by atomic mass is 16.5. The number of carbonyl (C=O) groups is 1. The summed E-state index contributed by atoms with van der Waals surface area (Å²) in [5, 5.41) is 19.4. The van der Waals surface area contributed by atoms with Crippen LogP contribution in [0.4, 0.5) is 0 Å². The summed E-state index contributed by atoms with van der Waals surface area (Å²) in [6.45, 7) is 3.80. The summed E-state index contributed by atoms with van der Waals surface area (Å²) in [7, 11) is 1.54. The van der Waals surface area contributed by atoms with E-state index in [2.05, 4.69) is 16.0 Å². The van der Waals surface area contributed by atoms with E-state index in [1.807, 2.05) is 26.0 Å². The van der Waals surface area contributed by atoms with Crippen molar-refractivity contribution in [2.24, 2.45) is 0 Å².